The lowest BCUT2D eigenvalue weighted by atomic mass is 9.91. The van der Waals surface area contributed by atoms with Gasteiger partial charge in [-0.25, -0.2) is 24.5 Å². The van der Waals surface area contributed by atoms with Gasteiger partial charge in [-0.1, -0.05) is 30.3 Å². The lowest BCUT2D eigenvalue weighted by Gasteiger charge is -2.30. The fourth-order valence-corrected chi connectivity index (χ4v) is 5.47. The zero-order valence-electron chi connectivity index (χ0n) is 28.5. The van der Waals surface area contributed by atoms with Crippen LogP contribution in [0.2, 0.25) is 0 Å². The number of H-pyrrole nitrogens is 1. The number of ether oxygens (including phenoxy) is 2. The van der Waals surface area contributed by atoms with E-state index in [4.69, 9.17) is 14.5 Å². The number of carbonyl (C=O) groups excluding carboxylic acids is 2. The van der Waals surface area contributed by atoms with Gasteiger partial charge in [-0.05, 0) is 85.3 Å². The van der Waals surface area contributed by atoms with Gasteiger partial charge < -0.3 is 30.7 Å². The summed E-state index contributed by atoms with van der Waals surface area (Å²) in [4.78, 5) is 42.8. The lowest BCUT2D eigenvalue weighted by Crippen LogP contribution is -2.42. The van der Waals surface area contributed by atoms with E-state index >= 15 is 0 Å². The van der Waals surface area contributed by atoms with E-state index in [1.807, 2.05) is 71.9 Å². The Morgan fingerprint density at radius 3 is 2.27 bits per heavy atom. The van der Waals surface area contributed by atoms with Crippen LogP contribution in [0.3, 0.4) is 0 Å². The molecule has 0 aliphatic heterocycles. The molecule has 0 radical (unpaired) electrons. The molecule has 14 heteroatoms. The van der Waals surface area contributed by atoms with Crippen LogP contribution in [0, 0.1) is 0 Å². The Bertz CT molecular complexity index is 1670. The van der Waals surface area contributed by atoms with E-state index in [2.05, 4.69) is 46.4 Å². The molecule has 1 atom stereocenters. The van der Waals surface area contributed by atoms with E-state index in [9.17, 15) is 9.59 Å². The lowest BCUT2D eigenvalue weighted by molar-refractivity contribution is 0.0488. The van der Waals surface area contributed by atoms with Crippen molar-refractivity contribution >= 4 is 35.1 Å². The Labute approximate surface area is 280 Å². The third-order valence-corrected chi connectivity index (χ3v) is 7.60. The van der Waals surface area contributed by atoms with Crippen molar-refractivity contribution in [2.45, 2.75) is 103 Å². The maximum absolute atomic E-state index is 12.2. The number of fused-ring (bicyclic) bond motifs is 1. The van der Waals surface area contributed by atoms with Crippen LogP contribution in [-0.2, 0) is 9.47 Å². The summed E-state index contributed by atoms with van der Waals surface area (Å²) in [5, 5.41) is 20.9. The molecule has 0 bridgehead atoms. The summed E-state index contributed by atoms with van der Waals surface area (Å²) < 4.78 is 10.8. The highest BCUT2D eigenvalue weighted by Gasteiger charge is 2.26. The highest BCUT2D eigenvalue weighted by molar-refractivity contribution is 5.89. The summed E-state index contributed by atoms with van der Waals surface area (Å²) in [6.07, 6.45) is 6.57. The molecule has 1 aromatic carbocycles. The van der Waals surface area contributed by atoms with Crippen LogP contribution in [0.25, 0.3) is 22.4 Å². The molecule has 1 saturated carbocycles. The zero-order chi connectivity index (χ0) is 34.3. The Morgan fingerprint density at radius 2 is 1.56 bits per heavy atom. The number of aromatic nitrogens is 6. The first-order valence-corrected chi connectivity index (χ1v) is 16.4. The molecule has 1 fully saturated rings. The molecule has 48 heavy (non-hydrogen) atoms. The number of rotatable bonds is 10. The van der Waals surface area contributed by atoms with E-state index in [-0.39, 0.29) is 24.2 Å². The second-order valence-corrected chi connectivity index (χ2v) is 14.0. The molecule has 1 aliphatic rings. The molecule has 0 spiro atoms. The topological polar surface area (TPSA) is 181 Å². The van der Waals surface area contributed by atoms with Crippen molar-refractivity contribution in [2.75, 3.05) is 17.2 Å². The highest BCUT2D eigenvalue weighted by Crippen LogP contribution is 2.27. The summed E-state index contributed by atoms with van der Waals surface area (Å²) >= 11 is 0. The van der Waals surface area contributed by atoms with Gasteiger partial charge in [-0.2, -0.15) is 10.1 Å². The monoisotopic (exact) mass is 658 g/mol. The molecular weight excluding hydrogens is 612 g/mol. The number of amides is 2. The van der Waals surface area contributed by atoms with Crippen molar-refractivity contribution in [2.24, 2.45) is 0 Å². The molecular formula is C34H46N10O4. The van der Waals surface area contributed by atoms with Crippen LogP contribution < -0.4 is 21.3 Å². The van der Waals surface area contributed by atoms with Crippen molar-refractivity contribution in [3.05, 3.63) is 54.4 Å². The van der Waals surface area contributed by atoms with E-state index in [1.165, 1.54) is 0 Å². The largest absolute Gasteiger partial charge is 0.444 e. The number of anilines is 2. The molecule has 1 unspecified atom stereocenters. The molecule has 3 aromatic heterocycles. The molecule has 3 heterocycles. The predicted octanol–water partition coefficient (Wildman–Crippen LogP) is 6.13. The first-order chi connectivity index (χ1) is 22.8. The maximum atomic E-state index is 12.2. The summed E-state index contributed by atoms with van der Waals surface area (Å²) in [5.41, 5.74) is 1.75. The van der Waals surface area contributed by atoms with Gasteiger partial charge in [0.05, 0.1) is 17.1 Å². The van der Waals surface area contributed by atoms with Crippen molar-refractivity contribution in [1.82, 2.24) is 40.8 Å². The van der Waals surface area contributed by atoms with Crippen LogP contribution in [0.15, 0.2) is 48.8 Å². The molecule has 4 aromatic rings. The Kier molecular flexibility index (Phi) is 10.6. The number of hydrogen-bond donors (Lipinski definition) is 5. The number of alkyl carbamates (subject to hydrolysis) is 2. The quantitative estimate of drug-likeness (QED) is 0.132. The summed E-state index contributed by atoms with van der Waals surface area (Å²) in [6, 6.07) is 11.8. The van der Waals surface area contributed by atoms with Gasteiger partial charge in [0.15, 0.2) is 5.65 Å². The van der Waals surface area contributed by atoms with Crippen molar-refractivity contribution < 1.29 is 19.1 Å². The molecule has 14 nitrogen and oxygen atoms in total. The molecule has 2 amide bonds. The third kappa shape index (κ3) is 9.99. The van der Waals surface area contributed by atoms with Gasteiger partial charge in [0.25, 0.3) is 0 Å². The van der Waals surface area contributed by atoms with E-state index in [0.717, 1.165) is 36.6 Å². The number of aromatic amines is 1. The van der Waals surface area contributed by atoms with E-state index in [1.54, 1.807) is 18.5 Å². The SMILES string of the molecule is CC(C)(C)OC(=O)NCCC(Nc1nccc(-c2n[nH]c3nc(N[C@H]4CC[C@H](NC(=O)OC(C)(C)C)CC4)ncc23)n1)c1ccccc1. The number of nitrogens with one attached hydrogen (secondary N) is 5. The molecule has 256 valence electrons. The van der Waals surface area contributed by atoms with Gasteiger partial charge >= 0.3 is 12.2 Å². The first kappa shape index (κ1) is 34.3. The second kappa shape index (κ2) is 14.8. The molecule has 1 aliphatic carbocycles. The van der Waals surface area contributed by atoms with Gasteiger partial charge in [-0.3, -0.25) is 5.10 Å². The average Bonchev–Trinajstić information content (AvgIpc) is 3.44. The minimum Gasteiger partial charge on any atom is -0.444 e. The van der Waals surface area contributed by atoms with E-state index < -0.39 is 17.3 Å². The molecule has 0 saturated heterocycles. The fraction of sp³-hybridized carbons (Fsp3) is 0.500. The van der Waals surface area contributed by atoms with Crippen LogP contribution >= 0.6 is 0 Å². The van der Waals surface area contributed by atoms with E-state index in [0.29, 0.717) is 41.9 Å². The predicted molar refractivity (Wildman–Crippen MR) is 183 cm³/mol. The minimum atomic E-state index is -0.571. The summed E-state index contributed by atoms with van der Waals surface area (Å²) in [6.45, 7) is 11.5. The van der Waals surface area contributed by atoms with Crippen LogP contribution in [0.4, 0.5) is 21.5 Å². The first-order valence-electron chi connectivity index (χ1n) is 16.4. The Balaban J connectivity index is 1.21. The van der Waals surface area contributed by atoms with Crippen LogP contribution in [0.1, 0.15) is 85.3 Å². The minimum absolute atomic E-state index is 0.0839. The van der Waals surface area contributed by atoms with Gasteiger partial charge in [0.2, 0.25) is 11.9 Å². The Morgan fingerprint density at radius 1 is 0.875 bits per heavy atom. The fourth-order valence-electron chi connectivity index (χ4n) is 5.47. The Hall–Kier alpha value is -5.01. The maximum Gasteiger partial charge on any atom is 0.407 e. The van der Waals surface area contributed by atoms with Crippen molar-refractivity contribution in [3.8, 4) is 11.4 Å². The van der Waals surface area contributed by atoms with Crippen LogP contribution in [0.5, 0.6) is 0 Å². The average molecular weight is 659 g/mol. The van der Waals surface area contributed by atoms with Gasteiger partial charge in [0.1, 0.15) is 16.9 Å². The summed E-state index contributed by atoms with van der Waals surface area (Å²) in [7, 11) is 0. The van der Waals surface area contributed by atoms with Crippen molar-refractivity contribution in [1.29, 1.82) is 0 Å². The number of nitrogens with zero attached hydrogens (tertiary/aromatic N) is 5. The molecule has 5 rings (SSSR count). The summed E-state index contributed by atoms with van der Waals surface area (Å²) in [5.74, 6) is 0.933. The second-order valence-electron chi connectivity index (χ2n) is 14.0. The standard InChI is InChI=1S/C34H46N10O4/c1-33(2,3)47-31(45)36-19-16-25(21-10-8-7-9-11-21)40-29-35-18-17-26(41-29)27-24-20-37-30(42-28(24)44-43-27)38-22-12-14-23(15-13-22)39-32(46)48-34(4,5)6/h7-11,17-18,20,22-23,25H,12-16,19H2,1-6H3,(H,36,45)(H,39,46)(H,35,40,41)(H2,37,38,42,43,44)/t22-,23-,25?. The highest BCUT2D eigenvalue weighted by atomic mass is 16.6. The van der Waals surface area contributed by atoms with Gasteiger partial charge in [0, 0.05) is 31.0 Å². The van der Waals surface area contributed by atoms with Gasteiger partial charge in [-0.15, -0.1) is 0 Å². The normalized spacial score (nSPS) is 17.3. The number of carbonyl (C=O) groups is 2. The third-order valence-electron chi connectivity index (χ3n) is 7.60. The number of benzene rings is 1. The molecule has 5 N–H and O–H groups in total. The smallest absolute Gasteiger partial charge is 0.407 e. The zero-order valence-corrected chi connectivity index (χ0v) is 28.5. The van der Waals surface area contributed by atoms with Crippen LogP contribution in [-0.4, -0.2) is 72.2 Å². The number of hydrogen-bond acceptors (Lipinski definition) is 11. The van der Waals surface area contributed by atoms with Crippen molar-refractivity contribution in [3.63, 3.8) is 0 Å².